The molecule has 0 bridgehead atoms. The zero-order valence-electron chi connectivity index (χ0n) is 40.0. The first-order valence-corrected chi connectivity index (χ1v) is 30.3. The van der Waals surface area contributed by atoms with Crippen LogP contribution in [0.2, 0.25) is 51.4 Å². The first-order chi connectivity index (χ1) is 30.0. The van der Waals surface area contributed by atoms with Crippen LogP contribution in [0.15, 0.2) is 37.2 Å². The molecular formula is C46H68N10O6Si2. The number of hydrogen-bond acceptors (Lipinski definition) is 12. The summed E-state index contributed by atoms with van der Waals surface area (Å²) in [5, 5.41) is 0. The summed E-state index contributed by atoms with van der Waals surface area (Å²) < 4.78 is 28.6. The van der Waals surface area contributed by atoms with E-state index in [1.165, 1.54) is 0 Å². The Morgan fingerprint density at radius 3 is 1.27 bits per heavy atom. The van der Waals surface area contributed by atoms with Crippen molar-refractivity contribution in [2.75, 3.05) is 26.3 Å². The van der Waals surface area contributed by atoms with Gasteiger partial charge in [0.05, 0.1) is 23.8 Å². The molecule has 0 spiro atoms. The molecule has 2 saturated heterocycles. The maximum Gasteiger partial charge on any atom is 0.411 e. The Hall–Kier alpha value is -4.53. The van der Waals surface area contributed by atoms with Crippen LogP contribution in [0.3, 0.4) is 0 Å². The lowest BCUT2D eigenvalue weighted by Gasteiger charge is -2.31. The number of fused-ring (bicyclic) bond motifs is 2. The number of hydrogen-bond donors (Lipinski definition) is 0. The van der Waals surface area contributed by atoms with Gasteiger partial charge in [0.2, 0.25) is 0 Å². The second-order valence-electron chi connectivity index (χ2n) is 22.6. The maximum atomic E-state index is 13.5. The largest absolute Gasteiger partial charge is 0.444 e. The molecule has 346 valence electrons. The van der Waals surface area contributed by atoms with E-state index < -0.39 is 38.4 Å². The van der Waals surface area contributed by atoms with E-state index in [1.807, 2.05) is 63.7 Å². The summed E-state index contributed by atoms with van der Waals surface area (Å²) in [4.78, 5) is 59.8. The highest BCUT2D eigenvalue weighted by Crippen LogP contribution is 2.63. The summed E-state index contributed by atoms with van der Waals surface area (Å²) in [5.41, 5.74) is 0.854. The van der Waals surface area contributed by atoms with Crippen molar-refractivity contribution in [2.24, 2.45) is 11.8 Å². The average molecular weight is 913 g/mol. The van der Waals surface area contributed by atoms with Crippen LogP contribution in [-0.4, -0.2) is 115 Å². The van der Waals surface area contributed by atoms with Gasteiger partial charge in [-0.3, -0.25) is 9.80 Å². The molecule has 2 aliphatic carbocycles. The summed E-state index contributed by atoms with van der Waals surface area (Å²) in [6.45, 7) is 28.5. The van der Waals surface area contributed by atoms with E-state index in [0.717, 1.165) is 71.9 Å². The number of piperidine rings is 2. The average Bonchev–Trinajstić information content (AvgIpc) is 3.73. The molecule has 4 aromatic heterocycles. The highest BCUT2D eigenvalue weighted by atomic mass is 28.3. The van der Waals surface area contributed by atoms with Crippen molar-refractivity contribution in [2.45, 2.75) is 154 Å². The number of amides is 2. The number of carbonyl (C=O) groups is 2. The van der Waals surface area contributed by atoms with Crippen LogP contribution in [-0.2, 0) is 43.5 Å². The van der Waals surface area contributed by atoms with Gasteiger partial charge in [0, 0.05) is 78.4 Å². The lowest BCUT2D eigenvalue weighted by molar-refractivity contribution is 0.0133. The summed E-state index contributed by atoms with van der Waals surface area (Å²) in [6.07, 6.45) is 13.6. The number of carbonyl (C=O) groups excluding carboxylic acids is 2. The van der Waals surface area contributed by atoms with Gasteiger partial charge >= 0.3 is 12.2 Å². The number of nitrogens with zero attached hydrogens (tertiary/aromatic N) is 10. The lowest BCUT2D eigenvalue weighted by atomic mass is 10.2. The van der Waals surface area contributed by atoms with Gasteiger partial charge in [0.15, 0.2) is 11.6 Å². The van der Waals surface area contributed by atoms with E-state index in [2.05, 4.69) is 48.4 Å². The third kappa shape index (κ3) is 9.42. The van der Waals surface area contributed by atoms with Gasteiger partial charge in [0.1, 0.15) is 47.4 Å². The van der Waals surface area contributed by atoms with Crippen LogP contribution >= 0.6 is 0 Å². The molecule has 16 nitrogen and oxygen atoms in total. The van der Waals surface area contributed by atoms with Gasteiger partial charge in [0.25, 0.3) is 0 Å². The number of rotatable bonds is 15. The van der Waals surface area contributed by atoms with Crippen molar-refractivity contribution in [3.05, 3.63) is 48.8 Å². The van der Waals surface area contributed by atoms with Crippen molar-refractivity contribution < 1.29 is 28.5 Å². The second-order valence-corrected chi connectivity index (χ2v) is 33.8. The Morgan fingerprint density at radius 2 is 0.953 bits per heavy atom. The summed E-state index contributed by atoms with van der Waals surface area (Å²) in [5.74, 6) is 2.98. The normalized spacial score (nSPS) is 23.0. The quantitative estimate of drug-likeness (QED) is 0.0823. The van der Waals surface area contributed by atoms with Crippen LogP contribution in [0.1, 0.15) is 78.9 Å². The molecule has 2 amide bonds. The molecule has 0 N–H and O–H groups in total. The van der Waals surface area contributed by atoms with Gasteiger partial charge in [-0.2, -0.15) is 0 Å². The molecule has 18 heteroatoms. The van der Waals surface area contributed by atoms with E-state index in [1.54, 1.807) is 24.8 Å². The molecule has 4 aliphatic rings. The molecule has 4 aromatic rings. The van der Waals surface area contributed by atoms with Crippen molar-refractivity contribution >= 4 is 28.3 Å². The fourth-order valence-corrected chi connectivity index (χ4v) is 10.8. The number of aromatic nitrogens is 8. The minimum atomic E-state index is -1.33. The highest BCUT2D eigenvalue weighted by molar-refractivity contribution is 6.76. The maximum absolute atomic E-state index is 13.5. The zero-order valence-corrected chi connectivity index (χ0v) is 42.0. The van der Waals surface area contributed by atoms with Gasteiger partial charge < -0.3 is 28.1 Å². The van der Waals surface area contributed by atoms with E-state index in [9.17, 15) is 9.59 Å². The van der Waals surface area contributed by atoms with E-state index in [4.69, 9.17) is 48.9 Å². The van der Waals surface area contributed by atoms with E-state index >= 15 is 0 Å². The zero-order chi connectivity index (χ0) is 46.0. The van der Waals surface area contributed by atoms with Crippen LogP contribution in [0.4, 0.5) is 9.59 Å². The molecule has 4 unspecified atom stereocenters. The van der Waals surface area contributed by atoms with Gasteiger partial charge in [-0.1, -0.05) is 39.3 Å². The van der Waals surface area contributed by atoms with Crippen LogP contribution in [0.25, 0.3) is 34.2 Å². The third-order valence-corrected chi connectivity index (χ3v) is 16.2. The Bertz CT molecular complexity index is 2180. The number of likely N-dealkylation sites (tertiary alicyclic amines) is 2. The Balaban J connectivity index is 1.05. The molecule has 4 atom stereocenters. The molecule has 0 aromatic carbocycles. The highest BCUT2D eigenvalue weighted by Gasteiger charge is 2.69. The van der Waals surface area contributed by atoms with E-state index in [-0.39, 0.29) is 12.2 Å². The summed E-state index contributed by atoms with van der Waals surface area (Å²) >= 11 is 0. The van der Waals surface area contributed by atoms with Crippen LogP contribution in [0.5, 0.6) is 0 Å². The number of ether oxygens (including phenoxy) is 4. The lowest BCUT2D eigenvalue weighted by Crippen LogP contribution is -2.43. The smallest absolute Gasteiger partial charge is 0.411 e. The molecule has 8 rings (SSSR count). The Morgan fingerprint density at radius 1 is 0.594 bits per heavy atom. The van der Waals surface area contributed by atoms with E-state index in [0.29, 0.717) is 63.2 Å². The molecule has 64 heavy (non-hydrogen) atoms. The van der Waals surface area contributed by atoms with Gasteiger partial charge in [-0.25, -0.2) is 39.5 Å². The third-order valence-electron chi connectivity index (χ3n) is 12.8. The first-order valence-electron chi connectivity index (χ1n) is 22.9. The van der Waals surface area contributed by atoms with Crippen molar-refractivity contribution in [1.82, 2.24) is 48.8 Å². The SMILES string of the molecule is CC(C)(C)OC(=O)N1CCC2CC21c1ncc(-c2cnc(-c3ncc(-c4cnc(C56CC5CCN6C(=O)OC(C)(C)C)n4COCC[Si](C)(C)C)cn3)nc2)n1COCC[Si](C)(C)C. The fourth-order valence-electron chi connectivity index (χ4n) is 9.26. The predicted octanol–water partition coefficient (Wildman–Crippen LogP) is 9.00. The summed E-state index contributed by atoms with van der Waals surface area (Å²) in [7, 11) is -2.65. The minimum absolute atomic E-state index is 0.292. The fraction of sp³-hybridized carbons (Fsp3) is 0.652. The Labute approximate surface area is 379 Å². The minimum Gasteiger partial charge on any atom is -0.444 e. The summed E-state index contributed by atoms with van der Waals surface area (Å²) in [6, 6.07) is 2.06. The standard InChI is InChI=1S/C46H68N10O6Si2/c1-43(2,3)61-41(57)55-15-13-33-21-45(33,55)39-51-27-35(53(39)29-59-17-19-63(7,8)9)31-23-47-37(48-24-31)38-49-25-32(26-50-38)36-28-52-40(54(36)30-60-18-20-64(10,11)12)46-22-34(46)14-16-56(46)42(58)62-44(4,5)6/h23-28,33-34H,13-22,29-30H2,1-12H3. The predicted molar refractivity (Wildman–Crippen MR) is 248 cm³/mol. The van der Waals surface area contributed by atoms with Crippen LogP contribution in [0, 0.1) is 11.8 Å². The van der Waals surface area contributed by atoms with Gasteiger partial charge in [-0.15, -0.1) is 0 Å². The molecule has 0 radical (unpaired) electrons. The monoisotopic (exact) mass is 912 g/mol. The van der Waals surface area contributed by atoms with Crippen molar-refractivity contribution in [3.63, 3.8) is 0 Å². The van der Waals surface area contributed by atoms with Gasteiger partial charge in [-0.05, 0) is 91.1 Å². The van der Waals surface area contributed by atoms with Crippen LogP contribution < -0.4 is 0 Å². The molecular weight excluding hydrogens is 845 g/mol. The molecule has 2 aliphatic heterocycles. The Kier molecular flexibility index (Phi) is 12.0. The molecule has 6 heterocycles. The number of imidazole rings is 2. The molecule has 4 fully saturated rings. The first kappa shape index (κ1) is 46.0. The topological polar surface area (TPSA) is 165 Å². The second kappa shape index (κ2) is 16.7. The van der Waals surface area contributed by atoms with Crippen molar-refractivity contribution in [1.29, 1.82) is 0 Å². The molecule has 2 saturated carbocycles. The van der Waals surface area contributed by atoms with Crippen molar-refractivity contribution in [3.8, 4) is 34.2 Å².